The molecular formula is C15H11Br2N3S. The van der Waals surface area contributed by atoms with Gasteiger partial charge < -0.3 is 5.32 Å². The molecule has 0 amide bonds. The Morgan fingerprint density at radius 3 is 2.57 bits per heavy atom. The molecule has 6 heteroatoms. The van der Waals surface area contributed by atoms with Gasteiger partial charge in [0.15, 0.2) is 0 Å². The van der Waals surface area contributed by atoms with Crippen LogP contribution in [-0.2, 0) is 6.54 Å². The summed E-state index contributed by atoms with van der Waals surface area (Å²) in [5.74, 6) is 0. The molecule has 0 aliphatic carbocycles. The molecule has 1 aromatic carbocycles. The highest BCUT2D eigenvalue weighted by molar-refractivity contribution is 9.11. The number of halogens is 2. The van der Waals surface area contributed by atoms with E-state index < -0.39 is 0 Å². The van der Waals surface area contributed by atoms with Crippen LogP contribution < -0.4 is 5.32 Å². The average Bonchev–Trinajstić information content (AvgIpc) is 2.97. The SMILES string of the molecule is Brc1cccc(Br)c1NCc1csc(-c2ccccn2)n1. The van der Waals surface area contributed by atoms with Crippen molar-refractivity contribution in [2.45, 2.75) is 6.54 Å². The van der Waals surface area contributed by atoms with Gasteiger partial charge in [-0.1, -0.05) is 12.1 Å². The number of rotatable bonds is 4. The minimum absolute atomic E-state index is 0.671. The highest BCUT2D eigenvalue weighted by Gasteiger charge is 2.07. The van der Waals surface area contributed by atoms with Gasteiger partial charge in [0, 0.05) is 20.5 Å². The quantitative estimate of drug-likeness (QED) is 0.613. The summed E-state index contributed by atoms with van der Waals surface area (Å²) in [6.45, 7) is 0.671. The van der Waals surface area contributed by atoms with Crippen molar-refractivity contribution in [2.75, 3.05) is 5.32 Å². The fourth-order valence-electron chi connectivity index (χ4n) is 1.84. The second kappa shape index (κ2) is 6.68. The first-order valence-corrected chi connectivity index (χ1v) is 8.74. The zero-order valence-corrected chi connectivity index (χ0v) is 14.9. The normalized spacial score (nSPS) is 10.6. The van der Waals surface area contributed by atoms with E-state index in [0.717, 1.165) is 31.0 Å². The van der Waals surface area contributed by atoms with Gasteiger partial charge >= 0.3 is 0 Å². The Hall–Kier alpha value is -1.24. The first-order valence-electron chi connectivity index (χ1n) is 6.28. The van der Waals surface area contributed by atoms with E-state index in [1.165, 1.54) is 0 Å². The molecule has 0 spiro atoms. The Kier molecular flexibility index (Phi) is 4.67. The first-order chi connectivity index (χ1) is 10.2. The van der Waals surface area contributed by atoms with Crippen LogP contribution in [0.25, 0.3) is 10.7 Å². The summed E-state index contributed by atoms with van der Waals surface area (Å²) in [5, 5.41) is 6.39. The molecule has 0 saturated carbocycles. The van der Waals surface area contributed by atoms with E-state index in [0.29, 0.717) is 6.54 Å². The Bertz CT molecular complexity index is 723. The summed E-state index contributed by atoms with van der Waals surface area (Å²) in [6, 6.07) is 11.9. The molecule has 0 atom stereocenters. The van der Waals surface area contributed by atoms with Gasteiger partial charge in [0.05, 0.1) is 23.6 Å². The number of benzene rings is 1. The minimum atomic E-state index is 0.671. The second-order valence-electron chi connectivity index (χ2n) is 4.31. The molecule has 2 heterocycles. The van der Waals surface area contributed by atoms with Gasteiger partial charge in [0.1, 0.15) is 5.01 Å². The van der Waals surface area contributed by atoms with Crippen molar-refractivity contribution in [3.63, 3.8) is 0 Å². The molecule has 0 unspecified atom stereocenters. The van der Waals surface area contributed by atoms with E-state index in [-0.39, 0.29) is 0 Å². The number of anilines is 1. The van der Waals surface area contributed by atoms with Crippen molar-refractivity contribution in [3.05, 3.63) is 62.6 Å². The summed E-state index contributed by atoms with van der Waals surface area (Å²) in [5.41, 5.74) is 2.95. The zero-order chi connectivity index (χ0) is 14.7. The van der Waals surface area contributed by atoms with E-state index >= 15 is 0 Å². The first kappa shape index (κ1) is 14.7. The Morgan fingerprint density at radius 1 is 1.05 bits per heavy atom. The number of para-hydroxylation sites is 1. The minimum Gasteiger partial charge on any atom is -0.378 e. The maximum absolute atomic E-state index is 4.62. The predicted molar refractivity (Wildman–Crippen MR) is 94.5 cm³/mol. The van der Waals surface area contributed by atoms with E-state index in [2.05, 4.69) is 52.5 Å². The van der Waals surface area contributed by atoms with Gasteiger partial charge in [-0.2, -0.15) is 0 Å². The summed E-state index contributed by atoms with van der Waals surface area (Å²) in [6.07, 6.45) is 1.78. The van der Waals surface area contributed by atoms with Crippen molar-refractivity contribution in [2.24, 2.45) is 0 Å². The van der Waals surface area contributed by atoms with Crippen LogP contribution in [0.5, 0.6) is 0 Å². The highest BCUT2D eigenvalue weighted by atomic mass is 79.9. The number of nitrogens with zero attached hydrogens (tertiary/aromatic N) is 2. The predicted octanol–water partition coefficient (Wildman–Crippen LogP) is 5.34. The van der Waals surface area contributed by atoms with Crippen molar-refractivity contribution in [1.82, 2.24) is 9.97 Å². The Balaban J connectivity index is 1.74. The molecule has 3 nitrogen and oxygen atoms in total. The lowest BCUT2D eigenvalue weighted by molar-refractivity contribution is 1.07. The van der Waals surface area contributed by atoms with Crippen LogP contribution >= 0.6 is 43.2 Å². The topological polar surface area (TPSA) is 37.8 Å². The van der Waals surface area contributed by atoms with Gasteiger partial charge in [0.2, 0.25) is 0 Å². The fraction of sp³-hybridized carbons (Fsp3) is 0.0667. The lowest BCUT2D eigenvalue weighted by Gasteiger charge is -2.09. The smallest absolute Gasteiger partial charge is 0.142 e. The molecule has 0 aliphatic rings. The van der Waals surface area contributed by atoms with Crippen LogP contribution in [0.3, 0.4) is 0 Å². The van der Waals surface area contributed by atoms with Crippen LogP contribution in [0.1, 0.15) is 5.69 Å². The van der Waals surface area contributed by atoms with Gasteiger partial charge in [-0.25, -0.2) is 4.98 Å². The Morgan fingerprint density at radius 2 is 1.86 bits per heavy atom. The molecule has 21 heavy (non-hydrogen) atoms. The fourth-order valence-corrected chi connectivity index (χ4v) is 3.91. The van der Waals surface area contributed by atoms with Crippen molar-refractivity contribution in [1.29, 1.82) is 0 Å². The molecule has 3 rings (SSSR count). The standard InChI is InChI=1S/C15H11Br2N3S/c16-11-4-3-5-12(17)14(11)19-8-10-9-21-15(20-10)13-6-1-2-7-18-13/h1-7,9,19H,8H2. The van der Waals surface area contributed by atoms with Crippen LogP contribution in [0.15, 0.2) is 56.9 Å². The molecule has 0 fully saturated rings. The molecule has 0 bridgehead atoms. The molecule has 3 aromatic rings. The monoisotopic (exact) mass is 423 g/mol. The number of aromatic nitrogens is 2. The maximum Gasteiger partial charge on any atom is 0.142 e. The van der Waals surface area contributed by atoms with Gasteiger partial charge in [-0.05, 0) is 56.1 Å². The third-order valence-electron chi connectivity index (χ3n) is 2.84. The van der Waals surface area contributed by atoms with Crippen molar-refractivity contribution in [3.8, 4) is 10.7 Å². The van der Waals surface area contributed by atoms with Gasteiger partial charge in [0.25, 0.3) is 0 Å². The number of hydrogen-bond donors (Lipinski definition) is 1. The summed E-state index contributed by atoms with van der Waals surface area (Å²) in [4.78, 5) is 8.94. The number of nitrogens with one attached hydrogen (secondary N) is 1. The summed E-state index contributed by atoms with van der Waals surface area (Å²) in [7, 11) is 0. The maximum atomic E-state index is 4.62. The number of thiazole rings is 1. The Labute approximate surface area is 143 Å². The number of hydrogen-bond acceptors (Lipinski definition) is 4. The molecule has 0 aliphatic heterocycles. The second-order valence-corrected chi connectivity index (χ2v) is 6.88. The van der Waals surface area contributed by atoms with E-state index in [1.807, 2.05) is 36.4 Å². The van der Waals surface area contributed by atoms with Crippen LogP contribution in [-0.4, -0.2) is 9.97 Å². The summed E-state index contributed by atoms with van der Waals surface area (Å²) < 4.78 is 2.05. The molecule has 0 radical (unpaired) electrons. The van der Waals surface area contributed by atoms with Gasteiger partial charge in [-0.3, -0.25) is 4.98 Å². The van der Waals surface area contributed by atoms with Gasteiger partial charge in [-0.15, -0.1) is 11.3 Å². The van der Waals surface area contributed by atoms with Crippen LogP contribution in [0.4, 0.5) is 5.69 Å². The largest absolute Gasteiger partial charge is 0.378 e. The van der Waals surface area contributed by atoms with Crippen LogP contribution in [0.2, 0.25) is 0 Å². The van der Waals surface area contributed by atoms with E-state index in [1.54, 1.807) is 17.5 Å². The molecular weight excluding hydrogens is 414 g/mol. The third kappa shape index (κ3) is 3.51. The molecule has 2 aromatic heterocycles. The molecule has 0 saturated heterocycles. The lowest BCUT2D eigenvalue weighted by atomic mass is 10.3. The lowest BCUT2D eigenvalue weighted by Crippen LogP contribution is -2.01. The molecule has 106 valence electrons. The third-order valence-corrected chi connectivity index (χ3v) is 5.08. The average molecular weight is 425 g/mol. The van der Waals surface area contributed by atoms with E-state index in [4.69, 9.17) is 0 Å². The van der Waals surface area contributed by atoms with Crippen molar-refractivity contribution >= 4 is 48.9 Å². The molecule has 1 N–H and O–H groups in total. The van der Waals surface area contributed by atoms with Crippen molar-refractivity contribution < 1.29 is 0 Å². The number of pyridine rings is 1. The van der Waals surface area contributed by atoms with Crippen LogP contribution in [0, 0.1) is 0 Å². The zero-order valence-electron chi connectivity index (χ0n) is 10.9. The highest BCUT2D eigenvalue weighted by Crippen LogP contribution is 2.31. The summed E-state index contributed by atoms with van der Waals surface area (Å²) >= 11 is 8.69. The van der Waals surface area contributed by atoms with E-state index in [9.17, 15) is 0 Å².